The first kappa shape index (κ1) is 21.6. The summed E-state index contributed by atoms with van der Waals surface area (Å²) in [5.41, 5.74) is 0. The Balaban J connectivity index is 0. The Kier molecular flexibility index (Phi) is 10.1. The molecule has 0 aliphatic heterocycles. The van der Waals surface area contributed by atoms with Crippen LogP contribution in [-0.2, 0) is 24.0 Å². The summed E-state index contributed by atoms with van der Waals surface area (Å²) in [6.07, 6.45) is -0.103. The monoisotopic (exact) mass is 448 g/mol. The van der Waals surface area contributed by atoms with E-state index in [0.29, 0.717) is 0 Å². The normalized spacial score (nSPS) is 15.2. The Morgan fingerprint density at radius 3 is 1.18 bits per heavy atom. The zero-order chi connectivity index (χ0) is 14.5. The van der Waals surface area contributed by atoms with Gasteiger partial charge in [0.25, 0.3) is 0 Å². The van der Waals surface area contributed by atoms with Crippen molar-refractivity contribution in [3.8, 4) is 0 Å². The van der Waals surface area contributed by atoms with Crippen LogP contribution in [0.25, 0.3) is 0 Å². The van der Waals surface area contributed by atoms with Crippen LogP contribution >= 0.6 is 53.5 Å². The van der Waals surface area contributed by atoms with Crippen LogP contribution in [0, 0.1) is 0 Å². The van der Waals surface area contributed by atoms with Gasteiger partial charge < -0.3 is 9.05 Å². The second-order valence-corrected chi connectivity index (χ2v) is 39.1. The molecule has 0 atom stereocenters. The van der Waals surface area contributed by atoms with Crippen LogP contribution in [0.4, 0.5) is 0 Å². The van der Waals surface area contributed by atoms with E-state index in [-0.39, 0.29) is 12.2 Å². The molecule has 0 rings (SSSR count). The van der Waals surface area contributed by atoms with Gasteiger partial charge in [0.15, 0.2) is 0 Å². The van der Waals surface area contributed by atoms with Crippen LogP contribution < -0.4 is 0 Å². The van der Waals surface area contributed by atoms with Crippen molar-refractivity contribution in [2.24, 2.45) is 0 Å². The third-order valence-corrected chi connectivity index (χ3v) is 2.41. The van der Waals surface area contributed by atoms with Gasteiger partial charge in [-0.15, -0.1) is 0 Å². The van der Waals surface area contributed by atoms with Crippen molar-refractivity contribution in [3.63, 3.8) is 0 Å². The summed E-state index contributed by atoms with van der Waals surface area (Å²) < 4.78 is 21.6. The second-order valence-electron chi connectivity index (χ2n) is 3.72. The summed E-state index contributed by atoms with van der Waals surface area (Å²) in [6, 6.07) is 0. The van der Waals surface area contributed by atoms with Crippen molar-refractivity contribution < 1.29 is 24.0 Å². The van der Waals surface area contributed by atoms with Gasteiger partial charge in [-0.1, -0.05) is 0 Å². The Hall–Kier alpha value is 2.34. The number of rotatable bonds is 4. The van der Waals surface area contributed by atoms with E-state index in [1.165, 1.54) is 6.66 Å². The van der Waals surface area contributed by atoms with Gasteiger partial charge in [-0.3, -0.25) is 4.57 Å². The third kappa shape index (κ3) is 32.2. The van der Waals surface area contributed by atoms with Crippen LogP contribution in [-0.4, -0.2) is 18.9 Å². The summed E-state index contributed by atoms with van der Waals surface area (Å²) in [4.78, 5) is 0. The Bertz CT molecular complexity index is 245. The number of hydrogen-bond donors (Lipinski definition) is 0. The van der Waals surface area contributed by atoms with Gasteiger partial charge in [-0.05, 0) is 27.7 Å². The molecule has 0 aliphatic rings. The van der Waals surface area contributed by atoms with Gasteiger partial charge in [0.2, 0.25) is 0 Å². The average Bonchev–Trinajstić information content (AvgIpc) is 1.70. The van der Waals surface area contributed by atoms with Crippen LogP contribution in [0.1, 0.15) is 27.7 Å². The molecule has 0 unspecified atom stereocenters. The summed E-state index contributed by atoms with van der Waals surface area (Å²) in [5, 5.41) is 0. The van der Waals surface area contributed by atoms with E-state index in [0.717, 1.165) is 0 Å². The molecule has 0 aromatic rings. The van der Waals surface area contributed by atoms with Gasteiger partial charge in [-0.2, -0.15) is 0 Å². The molecule has 17 heavy (non-hydrogen) atoms. The summed E-state index contributed by atoms with van der Waals surface area (Å²) in [7, 11) is 18.1. The maximum atomic E-state index is 11.4. The van der Waals surface area contributed by atoms with Crippen molar-refractivity contribution >= 4 is 53.5 Å². The number of halogens is 5. The fraction of sp³-hybridized carbons (Fsp3) is 1.00. The molecule has 10 heteroatoms. The van der Waals surface area contributed by atoms with Gasteiger partial charge >= 0.3 is 64.0 Å². The van der Waals surface area contributed by atoms with Crippen LogP contribution in [0.5, 0.6) is 0 Å². The van der Waals surface area contributed by atoms with Crippen molar-refractivity contribution in [1.82, 2.24) is 0 Å². The predicted molar refractivity (Wildman–Crippen MR) is 75.2 cm³/mol. The molecular formula is C7H17Cl5NbO3P. The van der Waals surface area contributed by atoms with E-state index in [1.807, 2.05) is 27.7 Å². The molecule has 0 saturated carbocycles. The third-order valence-electron chi connectivity index (χ3n) is 0.805. The van der Waals surface area contributed by atoms with E-state index in [9.17, 15) is 4.57 Å². The van der Waals surface area contributed by atoms with Gasteiger partial charge in [0, 0.05) is 6.66 Å². The maximum absolute atomic E-state index is 11.4. The summed E-state index contributed by atoms with van der Waals surface area (Å²) in [6.45, 7) is 8.83. The first-order valence-corrected chi connectivity index (χ1v) is 20.8. The molecule has 0 amide bonds. The van der Waals surface area contributed by atoms with Crippen molar-refractivity contribution in [2.75, 3.05) is 6.66 Å². The Labute approximate surface area is 123 Å². The summed E-state index contributed by atoms with van der Waals surface area (Å²) in [5.74, 6) is 0. The molecule has 0 radical (unpaired) electrons. The first-order chi connectivity index (χ1) is 7.07. The molecule has 0 aromatic carbocycles. The Morgan fingerprint density at radius 1 is 0.882 bits per heavy atom. The number of hydrogen-bond acceptors (Lipinski definition) is 3. The molecule has 0 bridgehead atoms. The first-order valence-electron chi connectivity index (χ1n) is 4.62. The second kappa shape index (κ2) is 7.95. The van der Waals surface area contributed by atoms with Gasteiger partial charge in [0.05, 0.1) is 12.2 Å². The SMILES string of the molecule is CC(C)OP(C)(=O)OC(C)C.[Cl][Nb]([Cl])([Cl])([Cl])[Cl]. The molecule has 0 aromatic heterocycles. The quantitative estimate of drug-likeness (QED) is 0.383. The van der Waals surface area contributed by atoms with Crippen LogP contribution in [0.15, 0.2) is 0 Å². The van der Waals surface area contributed by atoms with E-state index in [4.69, 9.17) is 55.0 Å². The van der Waals surface area contributed by atoms with Crippen molar-refractivity contribution in [2.45, 2.75) is 39.9 Å². The van der Waals surface area contributed by atoms with E-state index >= 15 is 0 Å². The molecule has 0 N–H and O–H groups in total. The molecular weight excluding hydrogens is 433 g/mol. The molecule has 0 fully saturated rings. The van der Waals surface area contributed by atoms with Crippen LogP contribution in [0.2, 0.25) is 0 Å². The minimum absolute atomic E-state index is 0.0513. The topological polar surface area (TPSA) is 35.5 Å². The minimum atomic E-state index is -4.33. The molecule has 108 valence electrons. The predicted octanol–water partition coefficient (Wildman–Crippen LogP) is 6.10. The fourth-order valence-corrected chi connectivity index (χ4v) is 2.37. The zero-order valence-electron chi connectivity index (χ0n) is 10.2. The zero-order valence-corrected chi connectivity index (χ0v) is 17.0. The van der Waals surface area contributed by atoms with E-state index < -0.39 is 18.0 Å². The average molecular weight is 450 g/mol. The standard InChI is InChI=1S/C7H17O3P.5ClH.Nb/c1-6(2)9-11(5,8)10-7(3)4;;;;;;/h6-7H,1-5H3;5*1H;/q;;;;;;+5/p-5. The van der Waals surface area contributed by atoms with Crippen LogP contribution in [0.3, 0.4) is 0 Å². The molecule has 0 saturated heterocycles. The summed E-state index contributed by atoms with van der Waals surface area (Å²) >= 11 is 0. The van der Waals surface area contributed by atoms with E-state index in [1.54, 1.807) is 0 Å². The molecule has 0 aliphatic carbocycles. The van der Waals surface area contributed by atoms with Gasteiger partial charge in [0.1, 0.15) is 0 Å². The van der Waals surface area contributed by atoms with Crippen molar-refractivity contribution in [3.05, 3.63) is 0 Å². The Morgan fingerprint density at radius 2 is 1.06 bits per heavy atom. The van der Waals surface area contributed by atoms with E-state index in [2.05, 4.69) is 0 Å². The molecule has 0 spiro atoms. The van der Waals surface area contributed by atoms with Crippen molar-refractivity contribution in [1.29, 1.82) is 0 Å². The van der Waals surface area contributed by atoms with Gasteiger partial charge in [-0.25, -0.2) is 0 Å². The molecule has 0 heterocycles. The molecule has 3 nitrogen and oxygen atoms in total. The fourth-order valence-electron chi connectivity index (χ4n) is 0.791.